The molecule has 6 atom stereocenters. The number of halogens is 1. The molecule has 0 aromatic heterocycles. The molecule has 6 unspecified atom stereocenters. The van der Waals surface area contributed by atoms with Gasteiger partial charge in [-0.1, -0.05) is 6.07 Å². The second kappa shape index (κ2) is 7.66. The topological polar surface area (TPSA) is 70.8 Å². The monoisotopic (exact) mass is 410 g/mol. The third-order valence-corrected chi connectivity index (χ3v) is 7.96. The first kappa shape index (κ1) is 20.3. The molecule has 0 saturated carbocycles. The number of aryl methyl sites for hydroxylation is 1. The van der Waals surface area contributed by atoms with E-state index >= 15 is 0 Å². The van der Waals surface area contributed by atoms with Crippen molar-refractivity contribution in [3.05, 3.63) is 35.1 Å². The summed E-state index contributed by atoms with van der Waals surface area (Å²) in [4.78, 5) is 2.45. The first-order chi connectivity index (χ1) is 13.3. The Kier molecular flexibility index (Phi) is 5.54. The molecule has 3 saturated heterocycles. The predicted octanol–water partition coefficient (Wildman–Crippen LogP) is 1.06. The van der Waals surface area contributed by atoms with Gasteiger partial charge < -0.3 is 10.1 Å². The van der Waals surface area contributed by atoms with Gasteiger partial charge in [-0.05, 0) is 61.9 Å². The first-order valence-corrected chi connectivity index (χ1v) is 11.7. The van der Waals surface area contributed by atoms with Crippen LogP contribution in [0.2, 0.25) is 0 Å². The third kappa shape index (κ3) is 3.74. The molecule has 3 aliphatic heterocycles. The van der Waals surface area contributed by atoms with Crippen LogP contribution in [-0.4, -0.2) is 70.7 Å². The number of benzene rings is 1. The summed E-state index contributed by atoms with van der Waals surface area (Å²) in [6.45, 7) is 5.20. The normalized spacial score (nSPS) is 36.4. The molecule has 0 radical (unpaired) electrons. The van der Waals surface area contributed by atoms with Crippen LogP contribution in [0.5, 0.6) is 0 Å². The zero-order chi connectivity index (χ0) is 20.1. The quantitative estimate of drug-likeness (QED) is 0.729. The van der Waals surface area contributed by atoms with E-state index < -0.39 is 9.89 Å². The molecule has 0 aliphatic carbocycles. The minimum Gasteiger partial charge on any atom is -0.370 e. The van der Waals surface area contributed by atoms with E-state index in [1.54, 1.807) is 6.07 Å². The molecule has 6 nitrogen and oxygen atoms in total. The summed E-state index contributed by atoms with van der Waals surface area (Å²) in [5.74, 6) is 3.94. The molecule has 8 heteroatoms. The lowest BCUT2D eigenvalue weighted by Crippen LogP contribution is -2.51. The maximum absolute atomic E-state index is 13.8. The van der Waals surface area contributed by atoms with E-state index in [2.05, 4.69) is 16.1 Å². The van der Waals surface area contributed by atoms with Crippen LogP contribution in [0.15, 0.2) is 18.2 Å². The zero-order valence-electron chi connectivity index (χ0n) is 16.6. The Balaban J connectivity index is 1.46. The Labute approximate surface area is 167 Å². The van der Waals surface area contributed by atoms with Gasteiger partial charge in [-0.2, -0.15) is 0 Å². The van der Waals surface area contributed by atoms with Gasteiger partial charge in [-0.3, -0.25) is 4.90 Å². The molecule has 156 valence electrons. The Morgan fingerprint density at radius 3 is 2.89 bits per heavy atom. The van der Waals surface area contributed by atoms with E-state index in [1.165, 1.54) is 6.07 Å². The van der Waals surface area contributed by atoms with Crippen LogP contribution in [0.3, 0.4) is 0 Å². The second-order valence-corrected chi connectivity index (χ2v) is 10.3. The van der Waals surface area contributed by atoms with Crippen molar-refractivity contribution in [3.63, 3.8) is 0 Å². The van der Waals surface area contributed by atoms with Gasteiger partial charge in [0.1, 0.15) is 5.82 Å². The molecule has 0 bridgehead atoms. The molecular weight excluding hydrogens is 379 g/mol. The van der Waals surface area contributed by atoms with Crippen molar-refractivity contribution >= 4 is 15.8 Å². The number of nitrogens with two attached hydrogens (primary N) is 1. The molecule has 3 aliphatic rings. The summed E-state index contributed by atoms with van der Waals surface area (Å²) in [7, 11) is -0.717. The highest BCUT2D eigenvalue weighted by molar-refractivity contribution is 7.96. The van der Waals surface area contributed by atoms with Crippen molar-refractivity contribution < 1.29 is 13.3 Å². The minimum atomic E-state index is -2.65. The SMILES string of the molecule is C=S(N)(=O)N1CCC2CN(C3COC(c4cc(F)ccc4C)C(NC)C3)CC21. The second-order valence-electron chi connectivity index (χ2n) is 8.44. The van der Waals surface area contributed by atoms with Crippen molar-refractivity contribution in [2.24, 2.45) is 11.1 Å². The number of likely N-dealkylation sites (tertiary alicyclic amines) is 1. The number of nitrogens with one attached hydrogen (secondary N) is 1. The largest absolute Gasteiger partial charge is 0.370 e. The lowest BCUT2D eigenvalue weighted by atomic mass is 9.91. The van der Waals surface area contributed by atoms with Gasteiger partial charge in [0.15, 0.2) is 0 Å². The van der Waals surface area contributed by atoms with Gasteiger partial charge in [0.2, 0.25) is 0 Å². The Morgan fingerprint density at radius 2 is 2.18 bits per heavy atom. The number of rotatable bonds is 4. The predicted molar refractivity (Wildman–Crippen MR) is 111 cm³/mol. The van der Waals surface area contributed by atoms with Gasteiger partial charge in [-0.15, -0.1) is 0 Å². The summed E-state index contributed by atoms with van der Waals surface area (Å²) in [5.41, 5.74) is 1.96. The lowest BCUT2D eigenvalue weighted by molar-refractivity contribution is -0.0544. The van der Waals surface area contributed by atoms with Crippen molar-refractivity contribution in [2.45, 2.75) is 44.0 Å². The maximum Gasteiger partial charge on any atom is 0.123 e. The molecule has 3 fully saturated rings. The fraction of sp³-hybridized carbons (Fsp3) is 0.650. The summed E-state index contributed by atoms with van der Waals surface area (Å²) >= 11 is 0. The van der Waals surface area contributed by atoms with Crippen LogP contribution >= 0.6 is 0 Å². The van der Waals surface area contributed by atoms with Crippen LogP contribution in [0.1, 0.15) is 30.1 Å². The van der Waals surface area contributed by atoms with Crippen LogP contribution < -0.4 is 10.5 Å². The fourth-order valence-corrected chi connectivity index (χ4v) is 6.31. The standard InChI is InChI=1S/C20H31FN4O2S/c1-13-4-5-15(21)8-17(13)20-18(23-2)9-16(12-27-20)24-10-14-6-7-25(19(14)11-24)28(3,22)26/h4-5,8,14,16,18-20,23H,3,6-7,9-12H2,1-2H3,(H2,22,26). The molecule has 1 aromatic rings. The highest BCUT2D eigenvalue weighted by Crippen LogP contribution is 2.37. The average molecular weight is 411 g/mol. The van der Waals surface area contributed by atoms with Gasteiger partial charge in [0.05, 0.1) is 22.6 Å². The van der Waals surface area contributed by atoms with Crippen molar-refractivity contribution in [2.75, 3.05) is 33.3 Å². The van der Waals surface area contributed by atoms with Gasteiger partial charge in [0, 0.05) is 37.8 Å². The molecule has 4 rings (SSSR count). The fourth-order valence-electron chi connectivity index (χ4n) is 5.20. The van der Waals surface area contributed by atoms with Crippen LogP contribution in [0.25, 0.3) is 0 Å². The molecule has 1 aromatic carbocycles. The molecule has 28 heavy (non-hydrogen) atoms. The molecule has 0 amide bonds. The summed E-state index contributed by atoms with van der Waals surface area (Å²) < 4.78 is 34.2. The van der Waals surface area contributed by atoms with Gasteiger partial charge in [0.25, 0.3) is 0 Å². The van der Waals surface area contributed by atoms with Crippen molar-refractivity contribution in [1.29, 1.82) is 0 Å². The van der Waals surface area contributed by atoms with E-state index in [-0.39, 0.29) is 30.0 Å². The Morgan fingerprint density at radius 1 is 1.39 bits per heavy atom. The van der Waals surface area contributed by atoms with Crippen molar-refractivity contribution in [1.82, 2.24) is 14.5 Å². The number of fused-ring (bicyclic) bond motifs is 1. The zero-order valence-corrected chi connectivity index (χ0v) is 17.5. The number of hydrogen-bond acceptors (Lipinski definition) is 4. The number of ether oxygens (including phenoxy) is 1. The van der Waals surface area contributed by atoms with Crippen LogP contribution in [0.4, 0.5) is 4.39 Å². The Bertz CT molecular complexity index is 833. The highest BCUT2D eigenvalue weighted by atomic mass is 32.2. The van der Waals surface area contributed by atoms with Crippen LogP contribution in [-0.2, 0) is 14.6 Å². The van der Waals surface area contributed by atoms with Gasteiger partial charge in [-0.25, -0.2) is 18.0 Å². The molecule has 3 heterocycles. The number of nitrogens with zero attached hydrogens (tertiary/aromatic N) is 2. The van der Waals surface area contributed by atoms with E-state index in [0.29, 0.717) is 12.5 Å². The summed E-state index contributed by atoms with van der Waals surface area (Å²) in [6, 6.07) is 5.51. The van der Waals surface area contributed by atoms with E-state index in [1.807, 2.05) is 24.3 Å². The van der Waals surface area contributed by atoms with Gasteiger partial charge >= 0.3 is 0 Å². The van der Waals surface area contributed by atoms with E-state index in [9.17, 15) is 8.60 Å². The number of hydrogen-bond donors (Lipinski definition) is 2. The molecular formula is C20H31FN4O2S. The Hall–Kier alpha value is -1.03. The first-order valence-electron chi connectivity index (χ1n) is 9.98. The molecule has 3 N–H and O–H groups in total. The van der Waals surface area contributed by atoms with Crippen molar-refractivity contribution in [3.8, 4) is 0 Å². The molecule has 0 spiro atoms. The van der Waals surface area contributed by atoms with Crippen LogP contribution in [0, 0.1) is 18.7 Å². The van der Waals surface area contributed by atoms with E-state index in [0.717, 1.165) is 43.6 Å². The average Bonchev–Trinajstić information content (AvgIpc) is 3.23. The van der Waals surface area contributed by atoms with E-state index in [4.69, 9.17) is 9.88 Å². The highest BCUT2D eigenvalue weighted by Gasteiger charge is 2.46. The minimum absolute atomic E-state index is 0.113. The summed E-state index contributed by atoms with van der Waals surface area (Å²) in [6.07, 6.45) is 1.79. The number of likely N-dealkylation sites (N-methyl/N-ethyl adjacent to an activating group) is 1. The third-order valence-electron chi connectivity index (χ3n) is 6.72. The summed E-state index contributed by atoms with van der Waals surface area (Å²) in [5, 5.41) is 9.21. The lowest BCUT2D eigenvalue weighted by Gasteiger charge is -2.41. The maximum atomic E-state index is 13.8. The smallest absolute Gasteiger partial charge is 0.123 e.